The van der Waals surface area contributed by atoms with E-state index < -0.39 is 30.4 Å². The molecule has 8 nitrogen and oxygen atoms in total. The van der Waals surface area contributed by atoms with Crippen LogP contribution in [-0.2, 0) is 9.59 Å². The molecule has 0 spiro atoms. The molecule has 0 aliphatic heterocycles. The molecule has 18 heavy (non-hydrogen) atoms. The summed E-state index contributed by atoms with van der Waals surface area (Å²) >= 11 is 0. The van der Waals surface area contributed by atoms with Crippen molar-refractivity contribution in [3.63, 3.8) is 0 Å². The average molecular weight is 257 g/mol. The average Bonchev–Trinajstić information content (AvgIpc) is 2.30. The zero-order chi connectivity index (χ0) is 14.1. The Hall–Kier alpha value is -2.48. The van der Waals surface area contributed by atoms with Gasteiger partial charge in [-0.1, -0.05) is 0 Å². The summed E-state index contributed by atoms with van der Waals surface area (Å²) in [5.41, 5.74) is 0.220. The number of pyridine rings is 1. The van der Waals surface area contributed by atoms with Crippen molar-refractivity contribution in [2.24, 2.45) is 0 Å². The maximum atomic E-state index is 10.2. The maximum absolute atomic E-state index is 10.2. The topological polar surface area (TPSA) is 145 Å². The Balaban J connectivity index is 0.000000321. The number of aliphatic hydroxyl groups excluding tert-OH is 1. The highest BCUT2D eigenvalue weighted by Gasteiger charge is 2.16. The molecule has 0 saturated carbocycles. The first-order chi connectivity index (χ1) is 8.34. The van der Waals surface area contributed by atoms with Crippen LogP contribution >= 0.6 is 0 Å². The largest absolute Gasteiger partial charge is 0.481 e. The number of carboxylic acid groups (broad SMARTS) is 3. The Morgan fingerprint density at radius 2 is 1.83 bits per heavy atom. The molecule has 1 atom stereocenters. The predicted molar refractivity (Wildman–Crippen MR) is 57.1 cm³/mol. The minimum absolute atomic E-state index is 0.220. The van der Waals surface area contributed by atoms with Crippen molar-refractivity contribution in [3.05, 3.63) is 30.1 Å². The Labute approximate surface area is 101 Å². The molecule has 0 aromatic carbocycles. The van der Waals surface area contributed by atoms with Crippen molar-refractivity contribution in [2.75, 3.05) is 0 Å². The van der Waals surface area contributed by atoms with Crippen molar-refractivity contribution < 1.29 is 34.8 Å². The highest BCUT2D eigenvalue weighted by Crippen LogP contribution is 1.93. The number of aromatic nitrogens is 1. The van der Waals surface area contributed by atoms with Gasteiger partial charge >= 0.3 is 17.9 Å². The Morgan fingerprint density at radius 1 is 1.22 bits per heavy atom. The van der Waals surface area contributed by atoms with Gasteiger partial charge in [0.1, 0.15) is 0 Å². The fourth-order valence-corrected chi connectivity index (χ4v) is 0.742. The van der Waals surface area contributed by atoms with Gasteiger partial charge in [0.05, 0.1) is 12.0 Å². The molecular weight excluding hydrogens is 246 g/mol. The molecule has 1 rings (SSSR count). The van der Waals surface area contributed by atoms with Gasteiger partial charge in [-0.25, -0.2) is 9.59 Å². The van der Waals surface area contributed by atoms with E-state index in [0.717, 1.165) is 0 Å². The minimum Gasteiger partial charge on any atom is -0.481 e. The first-order valence-electron chi connectivity index (χ1n) is 4.60. The lowest BCUT2D eigenvalue weighted by Gasteiger charge is -1.97. The third-order valence-electron chi connectivity index (χ3n) is 1.56. The molecule has 0 aliphatic rings. The lowest BCUT2D eigenvalue weighted by Crippen LogP contribution is -2.22. The molecule has 0 aliphatic carbocycles. The van der Waals surface area contributed by atoms with E-state index >= 15 is 0 Å². The molecular formula is C10H11NO7. The van der Waals surface area contributed by atoms with Crippen LogP contribution in [0.3, 0.4) is 0 Å². The fourth-order valence-electron chi connectivity index (χ4n) is 0.742. The number of carbonyl (C=O) groups is 3. The summed E-state index contributed by atoms with van der Waals surface area (Å²) in [6.07, 6.45) is 0.298. The van der Waals surface area contributed by atoms with Crippen LogP contribution in [0.5, 0.6) is 0 Å². The number of aromatic carboxylic acids is 1. The van der Waals surface area contributed by atoms with Crippen molar-refractivity contribution in [3.8, 4) is 0 Å². The lowest BCUT2D eigenvalue weighted by molar-refractivity contribution is -0.152. The Bertz CT molecular complexity index is 417. The minimum atomic E-state index is -1.79. The van der Waals surface area contributed by atoms with Crippen LogP contribution in [0.25, 0.3) is 0 Å². The van der Waals surface area contributed by atoms with Crippen LogP contribution in [-0.4, -0.2) is 49.4 Å². The van der Waals surface area contributed by atoms with E-state index in [0.29, 0.717) is 0 Å². The standard InChI is InChI=1S/C6H5NO2.C4H6O5/c8-6(9)5-2-1-3-7-4-5;5-2(4(8)9)1-3(6)7/h1-4H,(H,8,9);2,5H,1H2,(H,6,7)(H,8,9). The van der Waals surface area contributed by atoms with Crippen LogP contribution in [0, 0.1) is 0 Å². The number of rotatable bonds is 4. The number of hydrogen-bond acceptors (Lipinski definition) is 5. The zero-order valence-corrected chi connectivity index (χ0v) is 9.05. The number of nitrogens with zero attached hydrogens (tertiary/aromatic N) is 1. The van der Waals surface area contributed by atoms with E-state index in [1.54, 1.807) is 6.07 Å². The molecule has 0 bridgehead atoms. The highest BCUT2D eigenvalue weighted by atomic mass is 16.4. The molecule has 0 fully saturated rings. The van der Waals surface area contributed by atoms with Gasteiger partial charge in [0, 0.05) is 12.4 Å². The van der Waals surface area contributed by atoms with E-state index in [2.05, 4.69) is 4.98 Å². The van der Waals surface area contributed by atoms with Gasteiger partial charge in [0.25, 0.3) is 0 Å². The second-order valence-electron chi connectivity index (χ2n) is 3.00. The second-order valence-corrected chi connectivity index (χ2v) is 3.00. The summed E-state index contributed by atoms with van der Waals surface area (Å²) in [5.74, 6) is -3.79. The number of aliphatic hydroxyl groups is 1. The van der Waals surface area contributed by atoms with Gasteiger partial charge in [-0.15, -0.1) is 0 Å². The van der Waals surface area contributed by atoms with E-state index in [-0.39, 0.29) is 5.56 Å². The Kier molecular flexibility index (Phi) is 6.67. The quantitative estimate of drug-likeness (QED) is 0.574. The fraction of sp³-hybridized carbons (Fsp3) is 0.200. The van der Waals surface area contributed by atoms with Crippen LogP contribution in [0.15, 0.2) is 24.5 Å². The van der Waals surface area contributed by atoms with Gasteiger partial charge in [-0.3, -0.25) is 9.78 Å². The summed E-state index contributed by atoms with van der Waals surface area (Å²) < 4.78 is 0. The normalized spacial score (nSPS) is 10.7. The maximum Gasteiger partial charge on any atom is 0.337 e. The first-order valence-corrected chi connectivity index (χ1v) is 4.60. The molecule has 1 aromatic rings. The van der Waals surface area contributed by atoms with Crippen LogP contribution in [0.2, 0.25) is 0 Å². The summed E-state index contributed by atoms with van der Waals surface area (Å²) in [5, 5.41) is 32.5. The van der Waals surface area contributed by atoms with Crippen LogP contribution in [0.1, 0.15) is 16.8 Å². The van der Waals surface area contributed by atoms with Crippen molar-refractivity contribution in [1.29, 1.82) is 0 Å². The van der Waals surface area contributed by atoms with Gasteiger partial charge < -0.3 is 20.4 Å². The predicted octanol–water partition coefficient (Wildman–Crippen LogP) is -0.314. The summed E-state index contributed by atoms with van der Waals surface area (Å²) in [7, 11) is 0. The number of carboxylic acids is 3. The molecule has 8 heteroatoms. The first kappa shape index (κ1) is 15.5. The van der Waals surface area contributed by atoms with E-state index in [1.807, 2.05) is 0 Å². The zero-order valence-electron chi connectivity index (χ0n) is 9.05. The highest BCUT2D eigenvalue weighted by molar-refractivity contribution is 5.86. The molecule has 1 aromatic heterocycles. The van der Waals surface area contributed by atoms with Gasteiger partial charge in [-0.2, -0.15) is 0 Å². The molecule has 0 amide bonds. The number of hydrogen-bond donors (Lipinski definition) is 4. The third kappa shape index (κ3) is 6.90. The van der Waals surface area contributed by atoms with Crippen LogP contribution in [0.4, 0.5) is 0 Å². The molecule has 1 heterocycles. The Morgan fingerprint density at radius 3 is 2.06 bits per heavy atom. The van der Waals surface area contributed by atoms with E-state index in [9.17, 15) is 14.4 Å². The van der Waals surface area contributed by atoms with Crippen molar-refractivity contribution in [1.82, 2.24) is 4.98 Å². The SMILES string of the molecule is O=C(O)CC(O)C(=O)O.O=C(O)c1cccnc1. The molecule has 98 valence electrons. The van der Waals surface area contributed by atoms with E-state index in [1.165, 1.54) is 18.5 Å². The lowest BCUT2D eigenvalue weighted by atomic mass is 10.3. The van der Waals surface area contributed by atoms with Gasteiger partial charge in [0.15, 0.2) is 6.10 Å². The third-order valence-corrected chi connectivity index (χ3v) is 1.56. The number of aliphatic carboxylic acids is 2. The monoisotopic (exact) mass is 257 g/mol. The molecule has 1 unspecified atom stereocenters. The molecule has 4 N–H and O–H groups in total. The summed E-state index contributed by atoms with van der Waals surface area (Å²) in [4.78, 5) is 33.2. The molecule has 0 saturated heterocycles. The van der Waals surface area contributed by atoms with E-state index in [4.69, 9.17) is 20.4 Å². The molecule has 0 radical (unpaired) electrons. The van der Waals surface area contributed by atoms with Gasteiger partial charge in [0.2, 0.25) is 0 Å². The summed E-state index contributed by atoms with van der Waals surface area (Å²) in [6.45, 7) is 0. The van der Waals surface area contributed by atoms with Gasteiger partial charge in [-0.05, 0) is 12.1 Å². The van der Waals surface area contributed by atoms with Crippen LogP contribution < -0.4 is 0 Å². The summed E-state index contributed by atoms with van der Waals surface area (Å²) in [6, 6.07) is 3.08. The van der Waals surface area contributed by atoms with Crippen molar-refractivity contribution >= 4 is 17.9 Å². The second kappa shape index (κ2) is 7.74. The smallest absolute Gasteiger partial charge is 0.337 e. The van der Waals surface area contributed by atoms with Crippen molar-refractivity contribution in [2.45, 2.75) is 12.5 Å².